The van der Waals surface area contributed by atoms with Crippen LogP contribution in [0.1, 0.15) is 58.1 Å². The van der Waals surface area contributed by atoms with Crippen molar-refractivity contribution in [3.63, 3.8) is 0 Å². The maximum Gasteiger partial charge on any atom is 0.412 e. The van der Waals surface area contributed by atoms with Gasteiger partial charge in [0.1, 0.15) is 30.5 Å². The number of carbonyl (C=O) groups excluding carboxylic acids is 2. The van der Waals surface area contributed by atoms with E-state index in [0.717, 1.165) is 16.3 Å². The number of aliphatic hydroxyl groups is 1. The summed E-state index contributed by atoms with van der Waals surface area (Å²) in [6.07, 6.45) is -1.08. The van der Waals surface area contributed by atoms with Gasteiger partial charge in [-0.1, -0.05) is 65.0 Å². The second-order valence-corrected chi connectivity index (χ2v) is 11.6. The monoisotopic (exact) mass is 606 g/mol. The highest BCUT2D eigenvalue weighted by Gasteiger charge is 2.32. The number of nitrogens with one attached hydrogen (secondary N) is 2. The standard InChI is InChI=1S/C31H35FN6O6/c1-18(2)24(25(40)27-36-37-29(44-27)31(3,4)5)35-23(39)16-38-26(20-11-13-21(32)14-12-20)33-15-22(28(38)41)34-30(42)43-17-19-9-7-6-8-10-19/h6-15,18,24-25,40H,16-17H2,1-5H3,(H,34,42)(H,35,39)/t24-,25?/m0/s1. The molecule has 0 aliphatic carbocycles. The molecule has 2 amide bonds. The van der Waals surface area contributed by atoms with Gasteiger partial charge in [0.15, 0.2) is 6.10 Å². The van der Waals surface area contributed by atoms with E-state index in [1.54, 1.807) is 38.1 Å². The number of anilines is 1. The molecule has 2 atom stereocenters. The fourth-order valence-corrected chi connectivity index (χ4v) is 4.22. The van der Waals surface area contributed by atoms with Crippen LogP contribution >= 0.6 is 0 Å². The fraction of sp³-hybridized carbons (Fsp3) is 0.355. The third-order valence-electron chi connectivity index (χ3n) is 6.62. The van der Waals surface area contributed by atoms with E-state index in [2.05, 4.69) is 25.8 Å². The minimum atomic E-state index is -1.33. The zero-order valence-corrected chi connectivity index (χ0v) is 25.1. The van der Waals surface area contributed by atoms with Crippen molar-refractivity contribution in [1.82, 2.24) is 25.1 Å². The summed E-state index contributed by atoms with van der Waals surface area (Å²) in [6.45, 7) is 8.66. The largest absolute Gasteiger partial charge is 0.444 e. The number of halogens is 1. The number of aliphatic hydroxyl groups excluding tert-OH is 1. The van der Waals surface area contributed by atoms with E-state index in [1.807, 2.05) is 26.8 Å². The molecule has 2 heterocycles. The van der Waals surface area contributed by atoms with Gasteiger partial charge in [0.25, 0.3) is 5.56 Å². The van der Waals surface area contributed by atoms with E-state index in [0.29, 0.717) is 11.5 Å². The minimum Gasteiger partial charge on any atom is -0.444 e. The van der Waals surface area contributed by atoms with Crippen molar-refractivity contribution >= 4 is 17.7 Å². The third kappa shape index (κ3) is 7.92. The molecule has 4 rings (SSSR count). The first-order valence-electron chi connectivity index (χ1n) is 14.0. The lowest BCUT2D eigenvalue weighted by molar-refractivity contribution is -0.124. The van der Waals surface area contributed by atoms with E-state index in [9.17, 15) is 23.9 Å². The first-order chi connectivity index (χ1) is 20.8. The number of benzene rings is 2. The lowest BCUT2D eigenvalue weighted by Gasteiger charge is -2.26. The summed E-state index contributed by atoms with van der Waals surface area (Å²) in [7, 11) is 0. The molecular formula is C31H35FN6O6. The molecule has 2 aromatic carbocycles. The molecule has 232 valence electrons. The molecule has 0 fully saturated rings. The van der Waals surface area contributed by atoms with Crippen LogP contribution < -0.4 is 16.2 Å². The average Bonchev–Trinajstić information content (AvgIpc) is 3.49. The Bertz CT molecular complexity index is 1650. The number of hydrogen-bond donors (Lipinski definition) is 3. The van der Waals surface area contributed by atoms with Gasteiger partial charge in [-0.15, -0.1) is 10.2 Å². The number of ether oxygens (including phenoxy) is 1. The summed E-state index contributed by atoms with van der Waals surface area (Å²) < 4.78 is 25.6. The van der Waals surface area contributed by atoms with Crippen molar-refractivity contribution in [1.29, 1.82) is 0 Å². The molecule has 0 spiro atoms. The molecule has 0 aliphatic heterocycles. The highest BCUT2D eigenvalue weighted by atomic mass is 19.1. The summed E-state index contributed by atoms with van der Waals surface area (Å²) in [6, 6.07) is 13.3. The number of hydrogen-bond acceptors (Lipinski definition) is 9. The molecule has 0 aliphatic rings. The van der Waals surface area contributed by atoms with Gasteiger partial charge in [-0.2, -0.15) is 0 Å². The van der Waals surface area contributed by atoms with Crippen LogP contribution in [-0.4, -0.2) is 42.9 Å². The predicted octanol–water partition coefficient (Wildman–Crippen LogP) is 4.35. The van der Waals surface area contributed by atoms with Crippen LogP contribution in [0.25, 0.3) is 11.4 Å². The molecule has 3 N–H and O–H groups in total. The Kier molecular flexibility index (Phi) is 9.89. The molecule has 0 bridgehead atoms. The van der Waals surface area contributed by atoms with Gasteiger partial charge in [0, 0.05) is 11.0 Å². The molecule has 1 unspecified atom stereocenters. The molecule has 4 aromatic rings. The van der Waals surface area contributed by atoms with Gasteiger partial charge in [-0.3, -0.25) is 19.5 Å². The van der Waals surface area contributed by atoms with Gasteiger partial charge >= 0.3 is 6.09 Å². The first-order valence-corrected chi connectivity index (χ1v) is 14.0. The summed E-state index contributed by atoms with van der Waals surface area (Å²) in [5.74, 6) is -1.09. The quantitative estimate of drug-likeness (QED) is 0.238. The van der Waals surface area contributed by atoms with Crippen molar-refractivity contribution in [3.05, 3.63) is 94.3 Å². The number of rotatable bonds is 10. The lowest BCUT2D eigenvalue weighted by Crippen LogP contribution is -2.45. The van der Waals surface area contributed by atoms with E-state index in [-0.39, 0.29) is 29.9 Å². The molecule has 2 aromatic heterocycles. The Labute approximate surface area is 253 Å². The Balaban J connectivity index is 1.58. The molecule has 0 radical (unpaired) electrons. The molecule has 44 heavy (non-hydrogen) atoms. The molecular weight excluding hydrogens is 571 g/mol. The second kappa shape index (κ2) is 13.6. The summed E-state index contributed by atoms with van der Waals surface area (Å²) >= 11 is 0. The van der Waals surface area contributed by atoms with Crippen molar-refractivity contribution in [2.45, 2.75) is 65.3 Å². The van der Waals surface area contributed by atoms with Crippen LogP contribution in [0.4, 0.5) is 14.9 Å². The van der Waals surface area contributed by atoms with Crippen molar-refractivity contribution < 1.29 is 28.2 Å². The molecule has 0 saturated carbocycles. The van der Waals surface area contributed by atoms with Gasteiger partial charge in [0.05, 0.1) is 12.2 Å². The zero-order chi connectivity index (χ0) is 32.0. The van der Waals surface area contributed by atoms with Crippen molar-refractivity contribution in [2.75, 3.05) is 5.32 Å². The van der Waals surface area contributed by atoms with Gasteiger partial charge in [0.2, 0.25) is 17.7 Å². The summed E-state index contributed by atoms with van der Waals surface area (Å²) in [4.78, 5) is 43.7. The van der Waals surface area contributed by atoms with Crippen LogP contribution in [0.3, 0.4) is 0 Å². The Morgan fingerprint density at radius 2 is 1.75 bits per heavy atom. The SMILES string of the molecule is CC(C)[C@H](NC(=O)Cn1c(-c2ccc(F)cc2)ncc(NC(=O)OCc2ccccc2)c1=O)C(O)c1nnc(C(C)(C)C)o1. The number of aromatic nitrogens is 4. The Morgan fingerprint density at radius 3 is 2.36 bits per heavy atom. The number of nitrogens with zero attached hydrogens (tertiary/aromatic N) is 4. The molecule has 0 saturated heterocycles. The van der Waals surface area contributed by atoms with Gasteiger partial charge < -0.3 is 19.6 Å². The smallest absolute Gasteiger partial charge is 0.412 e. The average molecular weight is 607 g/mol. The van der Waals surface area contributed by atoms with Crippen LogP contribution in [-0.2, 0) is 28.1 Å². The number of carbonyl (C=O) groups is 2. The van der Waals surface area contributed by atoms with Crippen LogP contribution in [0.15, 0.2) is 70.0 Å². The van der Waals surface area contributed by atoms with Gasteiger partial charge in [-0.25, -0.2) is 14.2 Å². The second-order valence-electron chi connectivity index (χ2n) is 11.6. The van der Waals surface area contributed by atoms with E-state index < -0.39 is 47.5 Å². The van der Waals surface area contributed by atoms with E-state index in [1.165, 1.54) is 24.3 Å². The van der Waals surface area contributed by atoms with Crippen LogP contribution in [0, 0.1) is 11.7 Å². The lowest BCUT2D eigenvalue weighted by atomic mass is 9.97. The highest BCUT2D eigenvalue weighted by Crippen LogP contribution is 2.26. The van der Waals surface area contributed by atoms with Gasteiger partial charge in [-0.05, 0) is 35.7 Å². The number of amides is 2. The normalized spacial score (nSPS) is 12.9. The topological polar surface area (TPSA) is 161 Å². The van der Waals surface area contributed by atoms with E-state index >= 15 is 0 Å². The molecule has 12 nitrogen and oxygen atoms in total. The van der Waals surface area contributed by atoms with Crippen molar-refractivity contribution in [3.8, 4) is 11.4 Å². The Hall–Kier alpha value is -4.91. The zero-order valence-electron chi connectivity index (χ0n) is 25.1. The summed E-state index contributed by atoms with van der Waals surface area (Å²) in [5, 5.41) is 24.1. The maximum atomic E-state index is 13.6. The Morgan fingerprint density at radius 1 is 1.07 bits per heavy atom. The van der Waals surface area contributed by atoms with Crippen LogP contribution in [0.5, 0.6) is 0 Å². The van der Waals surface area contributed by atoms with Crippen LogP contribution in [0.2, 0.25) is 0 Å². The maximum absolute atomic E-state index is 13.6. The molecule has 13 heteroatoms. The van der Waals surface area contributed by atoms with Crippen molar-refractivity contribution in [2.24, 2.45) is 5.92 Å². The third-order valence-corrected chi connectivity index (χ3v) is 6.62. The summed E-state index contributed by atoms with van der Waals surface area (Å²) in [5.41, 5.74) is -0.323. The van der Waals surface area contributed by atoms with E-state index in [4.69, 9.17) is 9.15 Å². The highest BCUT2D eigenvalue weighted by molar-refractivity contribution is 5.84. The predicted molar refractivity (Wildman–Crippen MR) is 159 cm³/mol. The first kappa shape index (κ1) is 32.0. The minimum absolute atomic E-state index is 0.0272. The fourth-order valence-electron chi connectivity index (χ4n) is 4.22.